The summed E-state index contributed by atoms with van der Waals surface area (Å²) in [6.07, 6.45) is 0.355. The van der Waals surface area contributed by atoms with Gasteiger partial charge in [-0.2, -0.15) is 0 Å². The summed E-state index contributed by atoms with van der Waals surface area (Å²) in [5.41, 5.74) is 0.313. The number of rotatable bonds is 2. The number of nitrogens with one attached hydrogen (secondary N) is 2. The number of amides is 1. The number of alkyl carbamates (subject to hydrolysis) is 1. The second kappa shape index (κ2) is 5.79. The molecule has 1 aromatic rings. The molecular weight excluding hydrogens is 259 g/mol. The van der Waals surface area contributed by atoms with Gasteiger partial charge in [0.2, 0.25) is 0 Å². The van der Waals surface area contributed by atoms with E-state index in [0.717, 1.165) is 18.5 Å². The Morgan fingerprint density at radius 3 is 2.85 bits per heavy atom. The van der Waals surface area contributed by atoms with Crippen LogP contribution >= 0.6 is 0 Å². The van der Waals surface area contributed by atoms with Gasteiger partial charge in [0, 0.05) is 0 Å². The van der Waals surface area contributed by atoms with Crippen molar-refractivity contribution >= 4 is 6.09 Å². The van der Waals surface area contributed by atoms with E-state index in [0.29, 0.717) is 0 Å². The molecule has 1 saturated heterocycles. The molecule has 2 unspecified atom stereocenters. The third-order valence-corrected chi connectivity index (χ3v) is 3.13. The van der Waals surface area contributed by atoms with E-state index >= 15 is 0 Å². The molecule has 1 aliphatic heterocycles. The van der Waals surface area contributed by atoms with Crippen LogP contribution in [0.4, 0.5) is 9.18 Å². The van der Waals surface area contributed by atoms with Crippen LogP contribution in [-0.4, -0.2) is 24.3 Å². The monoisotopic (exact) mass is 280 g/mol. The molecule has 2 atom stereocenters. The van der Waals surface area contributed by atoms with Crippen molar-refractivity contribution in [2.75, 3.05) is 6.54 Å². The number of hydrogen-bond donors (Lipinski definition) is 2. The van der Waals surface area contributed by atoms with Crippen LogP contribution < -0.4 is 10.6 Å². The third-order valence-electron chi connectivity index (χ3n) is 3.13. The van der Waals surface area contributed by atoms with Crippen LogP contribution in [0.1, 0.15) is 38.8 Å². The minimum atomic E-state index is -0.523. The van der Waals surface area contributed by atoms with Crippen molar-refractivity contribution in [1.29, 1.82) is 0 Å². The van der Waals surface area contributed by atoms with Gasteiger partial charge < -0.3 is 15.4 Å². The Morgan fingerprint density at radius 2 is 2.20 bits per heavy atom. The predicted molar refractivity (Wildman–Crippen MR) is 74.9 cm³/mol. The first-order valence-electron chi connectivity index (χ1n) is 6.83. The van der Waals surface area contributed by atoms with E-state index in [9.17, 15) is 9.18 Å². The van der Waals surface area contributed by atoms with E-state index in [1.165, 1.54) is 12.1 Å². The quantitative estimate of drug-likeness (QED) is 0.876. The first kappa shape index (κ1) is 14.8. The summed E-state index contributed by atoms with van der Waals surface area (Å²) in [5, 5.41) is 6.14. The SMILES string of the molecule is CC(C)(C)OC(=O)NC1CCNC1c1cccc(F)c1. The maximum atomic E-state index is 13.3. The fourth-order valence-electron chi connectivity index (χ4n) is 2.37. The molecule has 0 spiro atoms. The molecule has 0 aromatic heterocycles. The van der Waals surface area contributed by atoms with Gasteiger partial charge in [0.1, 0.15) is 11.4 Å². The number of carbonyl (C=O) groups is 1. The van der Waals surface area contributed by atoms with Crippen molar-refractivity contribution in [3.8, 4) is 0 Å². The van der Waals surface area contributed by atoms with Crippen molar-refractivity contribution in [3.05, 3.63) is 35.6 Å². The van der Waals surface area contributed by atoms with E-state index in [-0.39, 0.29) is 17.9 Å². The topological polar surface area (TPSA) is 50.4 Å². The van der Waals surface area contributed by atoms with Gasteiger partial charge in [-0.1, -0.05) is 12.1 Å². The van der Waals surface area contributed by atoms with Gasteiger partial charge in [0.05, 0.1) is 12.1 Å². The second-order valence-electron chi connectivity index (χ2n) is 6.03. The lowest BCUT2D eigenvalue weighted by atomic mass is 10.0. The van der Waals surface area contributed by atoms with Crippen LogP contribution in [0, 0.1) is 5.82 Å². The highest BCUT2D eigenvalue weighted by Crippen LogP contribution is 2.24. The van der Waals surface area contributed by atoms with Crippen LogP contribution in [0.15, 0.2) is 24.3 Å². The van der Waals surface area contributed by atoms with E-state index in [1.807, 2.05) is 26.8 Å². The zero-order valence-corrected chi connectivity index (χ0v) is 12.1. The lowest BCUT2D eigenvalue weighted by Crippen LogP contribution is -2.41. The lowest BCUT2D eigenvalue weighted by Gasteiger charge is -2.24. The average Bonchev–Trinajstić information content (AvgIpc) is 2.74. The summed E-state index contributed by atoms with van der Waals surface area (Å²) in [7, 11) is 0. The largest absolute Gasteiger partial charge is 0.444 e. The van der Waals surface area contributed by atoms with Crippen LogP contribution in [0.5, 0.6) is 0 Å². The molecule has 4 nitrogen and oxygen atoms in total. The normalized spacial score (nSPS) is 22.6. The molecule has 0 bridgehead atoms. The summed E-state index contributed by atoms with van der Waals surface area (Å²) in [4.78, 5) is 11.8. The highest BCUT2D eigenvalue weighted by atomic mass is 19.1. The smallest absolute Gasteiger partial charge is 0.407 e. The fraction of sp³-hybridized carbons (Fsp3) is 0.533. The van der Waals surface area contributed by atoms with Crippen LogP contribution in [0.2, 0.25) is 0 Å². The molecule has 1 aliphatic rings. The van der Waals surface area contributed by atoms with Gasteiger partial charge in [0.15, 0.2) is 0 Å². The first-order chi connectivity index (χ1) is 9.35. The maximum Gasteiger partial charge on any atom is 0.407 e. The zero-order chi connectivity index (χ0) is 14.8. The van der Waals surface area contributed by atoms with Crippen molar-refractivity contribution in [1.82, 2.24) is 10.6 Å². The highest BCUT2D eigenvalue weighted by molar-refractivity contribution is 5.68. The molecule has 1 fully saturated rings. The predicted octanol–water partition coefficient (Wildman–Crippen LogP) is 2.75. The number of benzene rings is 1. The molecule has 1 amide bonds. The zero-order valence-electron chi connectivity index (χ0n) is 12.1. The third kappa shape index (κ3) is 3.93. The molecule has 5 heteroatoms. The molecule has 1 heterocycles. The molecular formula is C15H21FN2O2. The molecule has 2 rings (SSSR count). The summed E-state index contributed by atoms with van der Waals surface area (Å²) >= 11 is 0. The van der Waals surface area contributed by atoms with Crippen LogP contribution in [0.25, 0.3) is 0 Å². The molecule has 20 heavy (non-hydrogen) atoms. The summed E-state index contributed by atoms with van der Waals surface area (Å²) in [6.45, 7) is 6.25. The number of hydrogen-bond acceptors (Lipinski definition) is 3. The summed E-state index contributed by atoms with van der Waals surface area (Å²) in [5.74, 6) is -0.271. The van der Waals surface area contributed by atoms with Crippen molar-refractivity contribution in [2.24, 2.45) is 0 Å². The Kier molecular flexibility index (Phi) is 4.28. The van der Waals surface area contributed by atoms with Crippen molar-refractivity contribution in [3.63, 3.8) is 0 Å². The molecule has 2 N–H and O–H groups in total. The Balaban J connectivity index is 2.03. The van der Waals surface area contributed by atoms with Gasteiger partial charge in [-0.15, -0.1) is 0 Å². The van der Waals surface area contributed by atoms with Crippen LogP contribution in [0.3, 0.4) is 0 Å². The molecule has 0 saturated carbocycles. The Morgan fingerprint density at radius 1 is 1.45 bits per heavy atom. The van der Waals surface area contributed by atoms with E-state index in [4.69, 9.17) is 4.74 Å². The number of ether oxygens (including phenoxy) is 1. The summed E-state index contributed by atoms with van der Waals surface area (Å²) < 4.78 is 18.5. The van der Waals surface area contributed by atoms with Gasteiger partial charge in [-0.05, 0) is 51.4 Å². The molecule has 0 radical (unpaired) electrons. The second-order valence-corrected chi connectivity index (χ2v) is 6.03. The van der Waals surface area contributed by atoms with E-state index in [1.54, 1.807) is 6.07 Å². The molecule has 110 valence electrons. The minimum Gasteiger partial charge on any atom is -0.444 e. The highest BCUT2D eigenvalue weighted by Gasteiger charge is 2.31. The molecule has 0 aliphatic carbocycles. The van der Waals surface area contributed by atoms with Crippen molar-refractivity contribution in [2.45, 2.75) is 44.9 Å². The Labute approximate surface area is 118 Å². The maximum absolute atomic E-state index is 13.3. The molecule has 1 aromatic carbocycles. The number of halogens is 1. The average molecular weight is 280 g/mol. The van der Waals surface area contributed by atoms with Crippen molar-refractivity contribution < 1.29 is 13.9 Å². The van der Waals surface area contributed by atoms with Gasteiger partial charge in [-0.3, -0.25) is 0 Å². The van der Waals surface area contributed by atoms with E-state index < -0.39 is 11.7 Å². The Bertz CT molecular complexity index is 485. The van der Waals surface area contributed by atoms with Crippen LogP contribution in [-0.2, 0) is 4.74 Å². The van der Waals surface area contributed by atoms with Gasteiger partial charge in [-0.25, -0.2) is 9.18 Å². The lowest BCUT2D eigenvalue weighted by molar-refractivity contribution is 0.0500. The van der Waals surface area contributed by atoms with Gasteiger partial charge in [0.25, 0.3) is 0 Å². The fourth-order valence-corrected chi connectivity index (χ4v) is 2.37. The standard InChI is InChI=1S/C15H21FN2O2/c1-15(2,3)20-14(19)18-12-7-8-17-13(12)10-5-4-6-11(16)9-10/h4-6,9,12-13,17H,7-8H2,1-3H3,(H,18,19). The first-order valence-corrected chi connectivity index (χ1v) is 6.83. The van der Waals surface area contributed by atoms with E-state index in [2.05, 4.69) is 10.6 Å². The number of carbonyl (C=O) groups excluding carboxylic acids is 1. The van der Waals surface area contributed by atoms with Gasteiger partial charge >= 0.3 is 6.09 Å². The summed E-state index contributed by atoms with van der Waals surface area (Å²) in [6, 6.07) is 6.26. The minimum absolute atomic E-state index is 0.0850. The Hall–Kier alpha value is -1.62.